The van der Waals surface area contributed by atoms with Gasteiger partial charge >= 0.3 is 6.03 Å². The highest BCUT2D eigenvalue weighted by molar-refractivity contribution is 6.01. The maximum atomic E-state index is 12.9. The lowest BCUT2D eigenvalue weighted by Gasteiger charge is -2.44. The number of imide groups is 1. The van der Waals surface area contributed by atoms with Crippen molar-refractivity contribution < 1.29 is 9.59 Å². The van der Waals surface area contributed by atoms with Gasteiger partial charge in [0.05, 0.1) is 12.0 Å². The van der Waals surface area contributed by atoms with Crippen LogP contribution in [0.5, 0.6) is 0 Å². The molecule has 0 radical (unpaired) electrons. The minimum atomic E-state index is -0.612. The monoisotopic (exact) mass is 392 g/mol. The zero-order valence-corrected chi connectivity index (χ0v) is 15.7. The van der Waals surface area contributed by atoms with E-state index in [0.29, 0.717) is 18.1 Å². The minimum absolute atomic E-state index is 0.263. The number of likely N-dealkylation sites (tertiary alicyclic amines) is 1. The van der Waals surface area contributed by atoms with E-state index in [-0.39, 0.29) is 11.9 Å². The lowest BCUT2D eigenvalue weighted by Crippen LogP contribution is -2.61. The normalized spacial score (nSPS) is 19.5. The Morgan fingerprint density at radius 2 is 2.10 bits per heavy atom. The molecule has 3 atom stereocenters. The number of nitrogen functional groups attached to an aromatic ring is 1. The second-order valence-electron chi connectivity index (χ2n) is 6.90. The molecule has 0 saturated carbocycles. The van der Waals surface area contributed by atoms with Crippen LogP contribution in [0.4, 0.5) is 10.6 Å². The van der Waals surface area contributed by atoms with Crippen molar-refractivity contribution in [1.29, 1.82) is 0 Å². The molecule has 2 aromatic heterocycles. The summed E-state index contributed by atoms with van der Waals surface area (Å²) in [6, 6.07) is 11.6. The first-order chi connectivity index (χ1) is 14.0. The predicted octanol–water partition coefficient (Wildman–Crippen LogP) is 1.39. The van der Waals surface area contributed by atoms with E-state index in [1.807, 2.05) is 37.3 Å². The van der Waals surface area contributed by atoms with E-state index in [0.717, 1.165) is 16.0 Å². The van der Waals surface area contributed by atoms with Gasteiger partial charge in [-0.05, 0) is 36.6 Å². The average Bonchev–Trinajstić information content (AvgIpc) is 3.24. The fraction of sp³-hybridized carbons (Fsp3) is 0.263. The van der Waals surface area contributed by atoms with Gasteiger partial charge in [0.15, 0.2) is 5.82 Å². The predicted molar refractivity (Wildman–Crippen MR) is 103 cm³/mol. The quantitative estimate of drug-likeness (QED) is 0.557. The van der Waals surface area contributed by atoms with Crippen molar-refractivity contribution in [3.63, 3.8) is 0 Å². The number of carbonyl (C=O) groups excluding carboxylic acids is 2. The summed E-state index contributed by atoms with van der Waals surface area (Å²) in [6.45, 7) is 1.86. The van der Waals surface area contributed by atoms with Crippen LogP contribution in [0, 0.1) is 5.92 Å². The molecule has 29 heavy (non-hydrogen) atoms. The maximum Gasteiger partial charge on any atom is 0.325 e. The van der Waals surface area contributed by atoms with Gasteiger partial charge < -0.3 is 11.1 Å². The summed E-state index contributed by atoms with van der Waals surface area (Å²) in [4.78, 5) is 30.8. The van der Waals surface area contributed by atoms with Gasteiger partial charge in [-0.25, -0.2) is 9.78 Å². The largest absolute Gasteiger partial charge is 0.384 e. The first kappa shape index (κ1) is 18.5. The summed E-state index contributed by atoms with van der Waals surface area (Å²) in [5.41, 5.74) is 7.52. The molecule has 1 saturated heterocycles. The Morgan fingerprint density at radius 1 is 1.31 bits per heavy atom. The third kappa shape index (κ3) is 3.64. The molecule has 3 amide bonds. The second kappa shape index (κ2) is 7.66. The Hall–Kier alpha value is -3.82. The molecule has 3 heterocycles. The highest BCUT2D eigenvalue weighted by atomic mass is 16.2. The minimum Gasteiger partial charge on any atom is -0.384 e. The third-order valence-corrected chi connectivity index (χ3v) is 5.00. The van der Waals surface area contributed by atoms with Gasteiger partial charge in [-0.2, -0.15) is 5.21 Å². The molecule has 0 aliphatic carbocycles. The topological polar surface area (TPSA) is 143 Å². The number of nitrogens with one attached hydrogen (secondary N) is 2. The molecule has 0 spiro atoms. The van der Waals surface area contributed by atoms with Gasteiger partial charge in [0.2, 0.25) is 5.91 Å². The summed E-state index contributed by atoms with van der Waals surface area (Å²) in [5.74, 6) is -0.129. The van der Waals surface area contributed by atoms with Crippen LogP contribution in [0.3, 0.4) is 0 Å². The molecular formula is C19H20N8O2. The van der Waals surface area contributed by atoms with E-state index in [2.05, 4.69) is 30.9 Å². The van der Waals surface area contributed by atoms with Gasteiger partial charge in [-0.15, -0.1) is 10.2 Å². The highest BCUT2D eigenvalue weighted by Gasteiger charge is 2.53. The van der Waals surface area contributed by atoms with Crippen molar-refractivity contribution in [2.75, 3.05) is 5.73 Å². The molecular weight excluding hydrogens is 372 g/mol. The smallest absolute Gasteiger partial charge is 0.325 e. The van der Waals surface area contributed by atoms with Crippen molar-refractivity contribution in [2.24, 2.45) is 5.92 Å². The van der Waals surface area contributed by atoms with E-state index >= 15 is 0 Å². The number of urea groups is 1. The number of benzene rings is 1. The zero-order chi connectivity index (χ0) is 20.4. The summed E-state index contributed by atoms with van der Waals surface area (Å²) >= 11 is 0. The number of carbonyl (C=O) groups is 2. The molecule has 1 aliphatic rings. The molecule has 0 bridgehead atoms. The van der Waals surface area contributed by atoms with E-state index < -0.39 is 18.0 Å². The number of nitrogens with zero attached hydrogens (tertiary/aromatic N) is 5. The lowest BCUT2D eigenvalue weighted by atomic mass is 9.82. The Balaban J connectivity index is 1.53. The number of aromatic nitrogens is 5. The van der Waals surface area contributed by atoms with Crippen LogP contribution in [-0.4, -0.2) is 42.4 Å². The fourth-order valence-corrected chi connectivity index (χ4v) is 3.52. The number of rotatable bonds is 5. The Labute approximate surface area is 166 Å². The molecule has 4 rings (SSSR count). The summed E-state index contributed by atoms with van der Waals surface area (Å²) in [7, 11) is 0. The van der Waals surface area contributed by atoms with Crippen LogP contribution in [0.1, 0.15) is 36.0 Å². The van der Waals surface area contributed by atoms with Gasteiger partial charge in [0, 0.05) is 6.20 Å². The zero-order valence-electron chi connectivity index (χ0n) is 15.7. The van der Waals surface area contributed by atoms with E-state index in [1.54, 1.807) is 18.3 Å². The first-order valence-corrected chi connectivity index (χ1v) is 9.17. The molecule has 4 N–H and O–H groups in total. The number of anilines is 1. The number of nitrogens with two attached hydrogens (primary N) is 1. The van der Waals surface area contributed by atoms with Crippen LogP contribution in [0.2, 0.25) is 0 Å². The van der Waals surface area contributed by atoms with Crippen molar-refractivity contribution >= 4 is 17.8 Å². The molecule has 148 valence electrons. The highest BCUT2D eigenvalue weighted by Crippen LogP contribution is 2.40. The number of hydrogen-bond acceptors (Lipinski definition) is 7. The van der Waals surface area contributed by atoms with E-state index in [9.17, 15) is 9.59 Å². The van der Waals surface area contributed by atoms with Crippen molar-refractivity contribution in [2.45, 2.75) is 25.4 Å². The van der Waals surface area contributed by atoms with Crippen LogP contribution in [0.15, 0.2) is 48.7 Å². The fourth-order valence-electron chi connectivity index (χ4n) is 3.52. The van der Waals surface area contributed by atoms with Crippen LogP contribution in [0.25, 0.3) is 0 Å². The van der Waals surface area contributed by atoms with Gasteiger partial charge in [-0.1, -0.05) is 35.5 Å². The number of amides is 3. The summed E-state index contributed by atoms with van der Waals surface area (Å²) < 4.78 is 0. The Bertz CT molecular complexity index is 1010. The molecule has 3 unspecified atom stereocenters. The van der Waals surface area contributed by atoms with Crippen molar-refractivity contribution in [3.8, 4) is 0 Å². The van der Waals surface area contributed by atoms with Crippen LogP contribution in [-0.2, 0) is 11.2 Å². The summed E-state index contributed by atoms with van der Waals surface area (Å²) in [6.07, 6.45) is 1.98. The number of aromatic amines is 1. The van der Waals surface area contributed by atoms with Gasteiger partial charge in [0.1, 0.15) is 11.9 Å². The molecule has 10 heteroatoms. The second-order valence-corrected chi connectivity index (χ2v) is 6.90. The Morgan fingerprint density at radius 3 is 2.79 bits per heavy atom. The maximum absolute atomic E-state index is 12.9. The first-order valence-electron chi connectivity index (χ1n) is 9.17. The number of β-lactam (4-membered cyclic amide) rings is 1. The number of tetrazole rings is 1. The average molecular weight is 392 g/mol. The number of H-pyrrole nitrogens is 1. The van der Waals surface area contributed by atoms with Crippen molar-refractivity contribution in [3.05, 3.63) is 65.6 Å². The van der Waals surface area contributed by atoms with Crippen LogP contribution < -0.4 is 11.1 Å². The van der Waals surface area contributed by atoms with Crippen molar-refractivity contribution in [1.82, 2.24) is 35.8 Å². The van der Waals surface area contributed by atoms with Gasteiger partial charge in [-0.3, -0.25) is 9.69 Å². The Kier molecular flexibility index (Phi) is 4.90. The van der Waals surface area contributed by atoms with E-state index in [1.165, 1.54) is 0 Å². The van der Waals surface area contributed by atoms with Crippen LogP contribution >= 0.6 is 0 Å². The summed E-state index contributed by atoms with van der Waals surface area (Å²) in [5, 5.41) is 16.8. The third-order valence-electron chi connectivity index (χ3n) is 5.00. The standard InChI is InChI=1S/C19H20N8O2/c1-11(13-5-3-2-4-6-13)22-19(29)27-16(17-23-25-26-24-17)14(18(27)28)9-12-7-8-21-15(20)10-12/h2-8,10-11,14,16H,9H2,1H3,(H2,20,21)(H,22,29)(H,23,24,25,26). The molecule has 10 nitrogen and oxygen atoms in total. The van der Waals surface area contributed by atoms with E-state index in [4.69, 9.17) is 5.73 Å². The molecule has 1 fully saturated rings. The number of pyridine rings is 1. The lowest BCUT2D eigenvalue weighted by molar-refractivity contribution is -0.151. The molecule has 1 aliphatic heterocycles. The SMILES string of the molecule is CC(NC(=O)N1C(=O)C(Cc2ccnc(N)c2)C1c1nn[nH]n1)c1ccccc1. The number of hydrogen-bond donors (Lipinski definition) is 3. The van der Waals surface area contributed by atoms with Gasteiger partial charge in [0.25, 0.3) is 0 Å². The molecule has 1 aromatic carbocycles. The molecule has 3 aromatic rings.